The van der Waals surface area contributed by atoms with Crippen molar-refractivity contribution in [1.82, 2.24) is 14.9 Å². The summed E-state index contributed by atoms with van der Waals surface area (Å²) in [7, 11) is 0. The van der Waals surface area contributed by atoms with Crippen LogP contribution in [0.4, 0.5) is 16.6 Å². The van der Waals surface area contributed by atoms with Crippen LogP contribution in [0.25, 0.3) is 0 Å². The Kier molecular flexibility index (Phi) is 5.27. The van der Waals surface area contributed by atoms with Gasteiger partial charge in [0.15, 0.2) is 0 Å². The number of hydrogen-bond acceptors (Lipinski definition) is 7. The van der Waals surface area contributed by atoms with E-state index in [-0.39, 0.29) is 11.6 Å². The third-order valence-corrected chi connectivity index (χ3v) is 6.13. The van der Waals surface area contributed by atoms with Crippen LogP contribution in [0.1, 0.15) is 39.7 Å². The van der Waals surface area contributed by atoms with E-state index in [9.17, 15) is 4.79 Å². The summed E-state index contributed by atoms with van der Waals surface area (Å²) in [5, 5.41) is 0.532. The molecule has 160 valence electrons. The van der Waals surface area contributed by atoms with Gasteiger partial charge >= 0.3 is 6.09 Å². The fourth-order valence-electron chi connectivity index (χ4n) is 4.28. The van der Waals surface area contributed by atoms with Crippen molar-refractivity contribution < 1.29 is 14.3 Å². The molecule has 0 saturated carbocycles. The number of rotatable bonds is 2. The van der Waals surface area contributed by atoms with Crippen molar-refractivity contribution in [1.29, 1.82) is 0 Å². The fourth-order valence-corrected chi connectivity index (χ4v) is 4.54. The summed E-state index contributed by atoms with van der Waals surface area (Å²) in [6.07, 6.45) is 1.43. The van der Waals surface area contributed by atoms with Crippen LogP contribution in [-0.2, 0) is 15.9 Å². The van der Waals surface area contributed by atoms with E-state index >= 15 is 0 Å². The summed E-state index contributed by atoms with van der Waals surface area (Å²) in [5.41, 5.74) is 0.298. The Hall–Kier alpha value is -1.80. The maximum absolute atomic E-state index is 12.5. The fraction of sp³-hybridized carbons (Fsp3) is 0.750. The lowest BCUT2D eigenvalue weighted by Crippen LogP contribution is -2.49. The maximum Gasteiger partial charge on any atom is 0.410 e. The van der Waals surface area contributed by atoms with Crippen LogP contribution in [0.15, 0.2) is 0 Å². The summed E-state index contributed by atoms with van der Waals surface area (Å²) in [5.74, 6) is 1.56. The van der Waals surface area contributed by atoms with Crippen molar-refractivity contribution in [2.45, 2.75) is 51.7 Å². The molecule has 3 aliphatic heterocycles. The molecule has 1 amide bonds. The van der Waals surface area contributed by atoms with Crippen LogP contribution in [0.2, 0.25) is 5.15 Å². The Morgan fingerprint density at radius 1 is 1.17 bits per heavy atom. The summed E-state index contributed by atoms with van der Waals surface area (Å²) >= 11 is 6.54. The van der Waals surface area contributed by atoms with Crippen molar-refractivity contribution in [3.8, 4) is 0 Å². The molecule has 0 spiro atoms. The largest absolute Gasteiger partial charge is 0.444 e. The molecule has 1 aromatic rings. The van der Waals surface area contributed by atoms with Gasteiger partial charge in [0, 0.05) is 38.3 Å². The van der Waals surface area contributed by atoms with Gasteiger partial charge < -0.3 is 24.2 Å². The zero-order chi connectivity index (χ0) is 20.8. The average molecular weight is 424 g/mol. The predicted molar refractivity (Wildman–Crippen MR) is 112 cm³/mol. The first kappa shape index (κ1) is 20.5. The Morgan fingerprint density at radius 3 is 2.59 bits per heavy atom. The highest BCUT2D eigenvalue weighted by atomic mass is 35.5. The lowest BCUT2D eigenvalue weighted by molar-refractivity contribution is 0.0285. The van der Waals surface area contributed by atoms with Crippen LogP contribution in [0.3, 0.4) is 0 Å². The maximum atomic E-state index is 12.5. The van der Waals surface area contributed by atoms with Crippen molar-refractivity contribution >= 4 is 29.5 Å². The predicted octanol–water partition coefficient (Wildman–Crippen LogP) is 2.73. The molecule has 3 aliphatic rings. The number of hydrogen-bond donors (Lipinski definition) is 0. The quantitative estimate of drug-likeness (QED) is 0.677. The molecule has 1 atom stereocenters. The summed E-state index contributed by atoms with van der Waals surface area (Å²) in [6, 6.07) is 0. The molecule has 0 bridgehead atoms. The minimum atomic E-state index is -0.496. The topological polar surface area (TPSA) is 71.0 Å². The van der Waals surface area contributed by atoms with E-state index in [0.29, 0.717) is 37.4 Å². The summed E-state index contributed by atoms with van der Waals surface area (Å²) in [4.78, 5) is 28.2. The van der Waals surface area contributed by atoms with E-state index in [2.05, 4.69) is 21.7 Å². The van der Waals surface area contributed by atoms with Crippen molar-refractivity contribution in [3.05, 3.63) is 10.7 Å². The lowest BCUT2D eigenvalue weighted by atomic mass is 9.99. The second-order valence-corrected chi connectivity index (χ2v) is 9.62. The summed E-state index contributed by atoms with van der Waals surface area (Å²) in [6.45, 7) is 12.8. The number of anilines is 2. The van der Waals surface area contributed by atoms with Crippen molar-refractivity contribution in [2.24, 2.45) is 0 Å². The second-order valence-electron chi connectivity index (χ2n) is 9.27. The average Bonchev–Trinajstić information content (AvgIpc) is 3.26. The van der Waals surface area contributed by atoms with Crippen molar-refractivity contribution in [2.75, 3.05) is 55.7 Å². The molecule has 2 saturated heterocycles. The first-order valence-electron chi connectivity index (χ1n) is 10.3. The minimum Gasteiger partial charge on any atom is -0.444 e. The standard InChI is InChI=1S/C20H30ClN5O3/c1-19(2,3)29-18(27)25-8-6-20(4,13-25)26-7-5-14-15(21)22-17(23-16(14)26)24-9-11-28-12-10-24/h5-13H2,1-4H3/t20-/m0/s1. The van der Waals surface area contributed by atoms with E-state index < -0.39 is 5.60 Å². The van der Waals surface area contributed by atoms with E-state index in [4.69, 9.17) is 26.1 Å². The van der Waals surface area contributed by atoms with E-state index in [1.165, 1.54) is 0 Å². The SMILES string of the molecule is CC(C)(C)OC(=O)N1CC[C@](C)(N2CCc3c(Cl)nc(N4CCOCC4)nc32)C1. The van der Waals surface area contributed by atoms with E-state index in [1.54, 1.807) is 4.90 Å². The Labute approximate surface area is 177 Å². The number of likely N-dealkylation sites (tertiary alicyclic amines) is 1. The third kappa shape index (κ3) is 4.10. The highest BCUT2D eigenvalue weighted by molar-refractivity contribution is 6.30. The van der Waals surface area contributed by atoms with Crippen molar-refractivity contribution in [3.63, 3.8) is 0 Å². The smallest absolute Gasteiger partial charge is 0.410 e. The molecule has 29 heavy (non-hydrogen) atoms. The van der Waals surface area contributed by atoms with Gasteiger partial charge in [-0.15, -0.1) is 0 Å². The first-order valence-corrected chi connectivity index (χ1v) is 10.7. The van der Waals surface area contributed by atoms with Crippen LogP contribution in [0.5, 0.6) is 0 Å². The molecule has 0 aliphatic carbocycles. The monoisotopic (exact) mass is 423 g/mol. The first-order chi connectivity index (χ1) is 13.7. The molecule has 0 N–H and O–H groups in total. The molecule has 0 unspecified atom stereocenters. The number of aromatic nitrogens is 2. The molecule has 0 aromatic carbocycles. The Bertz CT molecular complexity index is 793. The molecule has 8 nitrogen and oxygen atoms in total. The third-order valence-electron chi connectivity index (χ3n) is 5.81. The van der Waals surface area contributed by atoms with Gasteiger partial charge in [0.25, 0.3) is 0 Å². The molecular weight excluding hydrogens is 394 g/mol. The number of nitrogens with zero attached hydrogens (tertiary/aromatic N) is 5. The number of halogens is 1. The molecule has 9 heteroatoms. The van der Waals surface area contributed by atoms with Gasteiger partial charge in [-0.2, -0.15) is 4.98 Å². The van der Waals surface area contributed by atoms with Gasteiger partial charge in [0.05, 0.1) is 18.8 Å². The molecule has 4 rings (SSSR count). The molecule has 0 radical (unpaired) electrons. The van der Waals surface area contributed by atoms with Crippen LogP contribution in [0, 0.1) is 0 Å². The number of ether oxygens (including phenoxy) is 2. The van der Waals surface area contributed by atoms with Gasteiger partial charge in [-0.05, 0) is 40.5 Å². The highest BCUT2D eigenvalue weighted by Crippen LogP contribution is 2.40. The Morgan fingerprint density at radius 2 is 1.90 bits per heavy atom. The zero-order valence-electron chi connectivity index (χ0n) is 17.7. The van der Waals surface area contributed by atoms with Gasteiger partial charge in [0.2, 0.25) is 5.95 Å². The van der Waals surface area contributed by atoms with Crippen LogP contribution < -0.4 is 9.80 Å². The lowest BCUT2D eigenvalue weighted by Gasteiger charge is -2.37. The van der Waals surface area contributed by atoms with Gasteiger partial charge in [0.1, 0.15) is 16.6 Å². The normalized spacial score (nSPS) is 24.8. The second kappa shape index (κ2) is 7.47. The minimum absolute atomic E-state index is 0.206. The number of amides is 1. The van der Waals surface area contributed by atoms with Gasteiger partial charge in [-0.1, -0.05) is 11.6 Å². The van der Waals surface area contributed by atoms with E-state index in [1.807, 2.05) is 20.8 Å². The molecule has 1 aromatic heterocycles. The molecular formula is C20H30ClN5O3. The number of fused-ring (bicyclic) bond motifs is 1. The summed E-state index contributed by atoms with van der Waals surface area (Å²) < 4.78 is 11.0. The highest BCUT2D eigenvalue weighted by Gasteiger charge is 2.45. The zero-order valence-corrected chi connectivity index (χ0v) is 18.5. The Balaban J connectivity index is 1.55. The molecule has 4 heterocycles. The van der Waals surface area contributed by atoms with Crippen LogP contribution >= 0.6 is 11.6 Å². The molecule has 2 fully saturated rings. The van der Waals surface area contributed by atoms with Gasteiger partial charge in [-0.3, -0.25) is 0 Å². The number of carbonyl (C=O) groups is 1. The van der Waals surface area contributed by atoms with Crippen LogP contribution in [-0.4, -0.2) is 78.0 Å². The van der Waals surface area contributed by atoms with Gasteiger partial charge in [-0.25, -0.2) is 9.78 Å². The number of carbonyl (C=O) groups excluding carboxylic acids is 1. The van der Waals surface area contributed by atoms with E-state index in [0.717, 1.165) is 43.9 Å². The number of morpholine rings is 1.